The molecular weight excluding hydrogens is 374 g/mol. The maximum absolute atomic E-state index is 12.7. The summed E-state index contributed by atoms with van der Waals surface area (Å²) in [6.07, 6.45) is 1.73. The molecule has 0 spiro atoms. The topological polar surface area (TPSA) is 94.7 Å². The number of H-pyrrole nitrogens is 1. The standard InChI is InChI=1S/C22H25NO6/c1-12-20(14(3)24)13(2)23-21(12)22(26)15(4)29-19(25)10-7-16-11-17(27-5)8-9-18(16)28-6/h7-11,15,23H,1-6H3/b10-7+/t15-/m1/s1. The quantitative estimate of drug-likeness (QED) is 0.413. The molecule has 0 aliphatic rings. The number of aromatic nitrogens is 1. The largest absolute Gasteiger partial charge is 0.497 e. The van der Waals surface area contributed by atoms with Crippen molar-refractivity contribution in [1.29, 1.82) is 0 Å². The van der Waals surface area contributed by atoms with Gasteiger partial charge in [0.2, 0.25) is 5.78 Å². The Morgan fingerprint density at radius 2 is 1.79 bits per heavy atom. The van der Waals surface area contributed by atoms with Crippen molar-refractivity contribution in [2.24, 2.45) is 0 Å². The van der Waals surface area contributed by atoms with E-state index in [-0.39, 0.29) is 11.5 Å². The summed E-state index contributed by atoms with van der Waals surface area (Å²) in [5.74, 6) is -0.0353. The Balaban J connectivity index is 2.13. The van der Waals surface area contributed by atoms with E-state index in [1.165, 1.54) is 33.1 Å². The number of esters is 1. The van der Waals surface area contributed by atoms with Gasteiger partial charge in [0.15, 0.2) is 11.9 Å². The van der Waals surface area contributed by atoms with E-state index >= 15 is 0 Å². The third-order valence-corrected chi connectivity index (χ3v) is 4.53. The van der Waals surface area contributed by atoms with Gasteiger partial charge in [-0.2, -0.15) is 0 Å². The number of benzene rings is 1. The lowest BCUT2D eigenvalue weighted by atomic mass is 10.0. The molecule has 2 rings (SSSR count). The summed E-state index contributed by atoms with van der Waals surface area (Å²) < 4.78 is 15.7. The van der Waals surface area contributed by atoms with E-state index in [9.17, 15) is 14.4 Å². The van der Waals surface area contributed by atoms with Crippen LogP contribution in [0.15, 0.2) is 24.3 Å². The van der Waals surface area contributed by atoms with E-state index in [2.05, 4.69) is 4.98 Å². The average molecular weight is 399 g/mol. The Kier molecular flexibility index (Phi) is 6.98. The van der Waals surface area contributed by atoms with Gasteiger partial charge in [0.25, 0.3) is 0 Å². The number of rotatable bonds is 8. The second kappa shape index (κ2) is 9.23. The first kappa shape index (κ1) is 21.9. The molecule has 0 saturated heterocycles. The van der Waals surface area contributed by atoms with Crippen molar-refractivity contribution in [3.05, 3.63) is 52.4 Å². The summed E-state index contributed by atoms with van der Waals surface area (Å²) in [6.45, 7) is 6.35. The second-order valence-electron chi connectivity index (χ2n) is 6.57. The van der Waals surface area contributed by atoms with Crippen LogP contribution in [-0.2, 0) is 9.53 Å². The van der Waals surface area contributed by atoms with Crippen molar-refractivity contribution < 1.29 is 28.6 Å². The average Bonchev–Trinajstić information content (AvgIpc) is 2.99. The number of aromatic amines is 1. The minimum atomic E-state index is -1.02. The minimum absolute atomic E-state index is 0.130. The van der Waals surface area contributed by atoms with Crippen molar-refractivity contribution in [1.82, 2.24) is 4.98 Å². The van der Waals surface area contributed by atoms with Gasteiger partial charge in [0.05, 0.1) is 19.9 Å². The molecule has 1 N–H and O–H groups in total. The highest BCUT2D eigenvalue weighted by Crippen LogP contribution is 2.25. The number of Topliss-reactive ketones (excluding diaryl/α,β-unsaturated/α-hetero) is 2. The van der Waals surface area contributed by atoms with Gasteiger partial charge in [-0.25, -0.2) is 4.79 Å². The van der Waals surface area contributed by atoms with Gasteiger partial charge >= 0.3 is 5.97 Å². The van der Waals surface area contributed by atoms with Gasteiger partial charge in [-0.05, 0) is 57.5 Å². The maximum Gasteiger partial charge on any atom is 0.331 e. The van der Waals surface area contributed by atoms with Gasteiger partial charge in [0, 0.05) is 22.9 Å². The monoisotopic (exact) mass is 399 g/mol. The van der Waals surface area contributed by atoms with Crippen LogP contribution in [0.3, 0.4) is 0 Å². The summed E-state index contributed by atoms with van der Waals surface area (Å²) in [6, 6.07) is 5.18. The normalized spacial score (nSPS) is 11.9. The third-order valence-electron chi connectivity index (χ3n) is 4.53. The summed E-state index contributed by atoms with van der Waals surface area (Å²) in [5, 5.41) is 0. The first-order chi connectivity index (χ1) is 13.7. The molecule has 1 heterocycles. The molecule has 0 radical (unpaired) electrons. The Morgan fingerprint density at radius 3 is 2.34 bits per heavy atom. The molecule has 154 valence electrons. The van der Waals surface area contributed by atoms with Crippen molar-refractivity contribution in [2.75, 3.05) is 14.2 Å². The number of methoxy groups -OCH3 is 2. The van der Waals surface area contributed by atoms with Gasteiger partial charge < -0.3 is 19.2 Å². The smallest absolute Gasteiger partial charge is 0.331 e. The molecule has 0 fully saturated rings. The van der Waals surface area contributed by atoms with Gasteiger partial charge in [-0.3, -0.25) is 9.59 Å². The number of carbonyl (C=O) groups is 3. The number of nitrogens with one attached hydrogen (secondary N) is 1. The van der Waals surface area contributed by atoms with Gasteiger partial charge in [-0.15, -0.1) is 0 Å². The molecule has 0 amide bonds. The van der Waals surface area contributed by atoms with E-state index in [4.69, 9.17) is 14.2 Å². The van der Waals surface area contributed by atoms with Crippen molar-refractivity contribution in [2.45, 2.75) is 33.8 Å². The highest BCUT2D eigenvalue weighted by Gasteiger charge is 2.25. The molecule has 29 heavy (non-hydrogen) atoms. The number of carbonyl (C=O) groups excluding carboxylic acids is 3. The fraction of sp³-hybridized carbons (Fsp3) is 0.318. The second-order valence-corrected chi connectivity index (χ2v) is 6.57. The summed E-state index contributed by atoms with van der Waals surface area (Å²) in [5.41, 5.74) is 2.55. The number of ketones is 2. The van der Waals surface area contributed by atoms with Crippen LogP contribution in [-0.4, -0.2) is 42.8 Å². The highest BCUT2D eigenvalue weighted by molar-refractivity contribution is 6.05. The van der Waals surface area contributed by atoms with E-state index in [1.54, 1.807) is 39.2 Å². The lowest BCUT2D eigenvalue weighted by Gasteiger charge is -2.11. The summed E-state index contributed by atoms with van der Waals surface area (Å²) in [4.78, 5) is 39.5. The minimum Gasteiger partial charge on any atom is -0.497 e. The van der Waals surface area contributed by atoms with Crippen molar-refractivity contribution in [3.63, 3.8) is 0 Å². The number of aryl methyl sites for hydroxylation is 1. The maximum atomic E-state index is 12.7. The molecule has 0 aliphatic carbocycles. The first-order valence-electron chi connectivity index (χ1n) is 9.04. The van der Waals surface area contributed by atoms with Crippen LogP contribution in [0.5, 0.6) is 11.5 Å². The van der Waals surface area contributed by atoms with Crippen LogP contribution in [0.4, 0.5) is 0 Å². The Hall–Kier alpha value is -3.35. The van der Waals surface area contributed by atoms with Gasteiger partial charge in [0.1, 0.15) is 11.5 Å². The molecule has 7 heteroatoms. The predicted octanol–water partition coefficient (Wildman–Crippen LogP) is 3.68. The Morgan fingerprint density at radius 1 is 1.10 bits per heavy atom. The van der Waals surface area contributed by atoms with E-state index < -0.39 is 17.9 Å². The van der Waals surface area contributed by atoms with E-state index in [1.807, 2.05) is 0 Å². The van der Waals surface area contributed by atoms with Crippen LogP contribution in [0.2, 0.25) is 0 Å². The predicted molar refractivity (Wildman–Crippen MR) is 109 cm³/mol. The number of ether oxygens (including phenoxy) is 3. The zero-order chi connectivity index (χ0) is 21.7. The molecule has 2 aromatic rings. The van der Waals surface area contributed by atoms with Gasteiger partial charge in [-0.1, -0.05) is 0 Å². The zero-order valence-electron chi connectivity index (χ0n) is 17.4. The first-order valence-corrected chi connectivity index (χ1v) is 9.04. The van der Waals surface area contributed by atoms with Crippen molar-refractivity contribution >= 4 is 23.6 Å². The van der Waals surface area contributed by atoms with Crippen LogP contribution in [0.1, 0.15) is 51.5 Å². The molecule has 1 aromatic carbocycles. The summed E-state index contributed by atoms with van der Waals surface area (Å²) >= 11 is 0. The fourth-order valence-electron chi connectivity index (χ4n) is 3.12. The third kappa shape index (κ3) is 4.93. The molecule has 0 unspecified atom stereocenters. The number of hydrogen-bond acceptors (Lipinski definition) is 6. The highest BCUT2D eigenvalue weighted by atomic mass is 16.5. The van der Waals surface area contributed by atoms with Crippen LogP contribution in [0, 0.1) is 13.8 Å². The van der Waals surface area contributed by atoms with Crippen molar-refractivity contribution in [3.8, 4) is 11.5 Å². The fourth-order valence-corrected chi connectivity index (χ4v) is 3.12. The Labute approximate surface area is 169 Å². The Bertz CT molecular complexity index is 970. The SMILES string of the molecule is COc1ccc(OC)c(/C=C/C(=O)O[C@H](C)C(=O)c2[nH]c(C)c(C(C)=O)c2C)c1. The molecule has 0 saturated carbocycles. The molecular formula is C22H25NO6. The molecule has 7 nitrogen and oxygen atoms in total. The summed E-state index contributed by atoms with van der Waals surface area (Å²) in [7, 11) is 3.06. The molecule has 0 aliphatic heterocycles. The number of hydrogen-bond donors (Lipinski definition) is 1. The lowest BCUT2D eigenvalue weighted by molar-refractivity contribution is -0.140. The molecule has 1 atom stereocenters. The molecule has 1 aromatic heterocycles. The van der Waals surface area contributed by atoms with E-state index in [0.717, 1.165) is 0 Å². The molecule has 0 bridgehead atoms. The lowest BCUT2D eigenvalue weighted by Crippen LogP contribution is -2.24. The van der Waals surface area contributed by atoms with E-state index in [0.29, 0.717) is 33.9 Å². The van der Waals surface area contributed by atoms with Crippen LogP contribution in [0.25, 0.3) is 6.08 Å². The van der Waals surface area contributed by atoms with Crippen LogP contribution >= 0.6 is 0 Å². The van der Waals surface area contributed by atoms with Crippen LogP contribution < -0.4 is 9.47 Å². The zero-order valence-corrected chi connectivity index (χ0v) is 17.4.